The van der Waals surface area contributed by atoms with Crippen molar-refractivity contribution in [3.8, 4) is 0 Å². The van der Waals surface area contributed by atoms with Crippen LogP contribution in [0.25, 0.3) is 0 Å². The molecule has 2 aromatic rings. The van der Waals surface area contributed by atoms with Crippen molar-refractivity contribution in [2.24, 2.45) is 5.73 Å². The summed E-state index contributed by atoms with van der Waals surface area (Å²) in [4.78, 5) is 22.4. The van der Waals surface area contributed by atoms with Crippen LogP contribution in [-0.4, -0.2) is 10.8 Å². The maximum absolute atomic E-state index is 11.0. The molecule has 0 aliphatic rings. The third-order valence-corrected chi connectivity index (χ3v) is 3.83. The van der Waals surface area contributed by atoms with Crippen molar-refractivity contribution in [3.63, 3.8) is 0 Å². The van der Waals surface area contributed by atoms with Crippen molar-refractivity contribution >= 4 is 28.6 Å². The van der Waals surface area contributed by atoms with Crippen LogP contribution < -0.4 is 11.1 Å². The molecule has 0 radical (unpaired) electrons. The van der Waals surface area contributed by atoms with E-state index >= 15 is 0 Å². The van der Waals surface area contributed by atoms with Gasteiger partial charge >= 0.3 is 0 Å². The van der Waals surface area contributed by atoms with Gasteiger partial charge in [0.2, 0.25) is 5.91 Å². The second kappa shape index (κ2) is 5.70. The number of nitrogens with two attached hydrogens (primary N) is 1. The summed E-state index contributed by atoms with van der Waals surface area (Å²) >= 11 is 1.42. The summed E-state index contributed by atoms with van der Waals surface area (Å²) < 4.78 is 0. The number of primary amides is 1. The van der Waals surface area contributed by atoms with E-state index in [2.05, 4.69) is 5.32 Å². The fraction of sp³-hybridized carbons (Fsp3) is 0.154. The zero-order valence-electron chi connectivity index (χ0n) is 10.8. The summed E-state index contributed by atoms with van der Waals surface area (Å²) in [5.74, 6) is -0.459. The molecule has 0 bridgehead atoms. The zero-order valence-corrected chi connectivity index (χ0v) is 11.6. The van der Waals surface area contributed by atoms with E-state index in [-0.39, 0.29) is 5.69 Å². The summed E-state index contributed by atoms with van der Waals surface area (Å²) in [5, 5.41) is 15.7. The number of nitro benzene ring substituents is 1. The number of thiophene rings is 1. The molecule has 0 unspecified atom stereocenters. The van der Waals surface area contributed by atoms with E-state index in [0.717, 1.165) is 4.88 Å². The second-order valence-electron chi connectivity index (χ2n) is 4.23. The Bertz CT molecular complexity index is 667. The predicted octanol–water partition coefficient (Wildman–Crippen LogP) is 2.68. The van der Waals surface area contributed by atoms with Gasteiger partial charge in [0, 0.05) is 34.1 Å². The van der Waals surface area contributed by atoms with Gasteiger partial charge in [-0.25, -0.2) is 0 Å². The van der Waals surface area contributed by atoms with Crippen LogP contribution in [-0.2, 0) is 6.54 Å². The molecule has 0 fully saturated rings. The number of amides is 1. The first-order chi connectivity index (χ1) is 9.49. The van der Waals surface area contributed by atoms with E-state index in [0.29, 0.717) is 23.4 Å². The minimum atomic E-state index is -0.459. The Morgan fingerprint density at radius 1 is 1.50 bits per heavy atom. The van der Waals surface area contributed by atoms with Crippen molar-refractivity contribution in [2.75, 3.05) is 5.32 Å². The van der Waals surface area contributed by atoms with E-state index in [9.17, 15) is 14.9 Å². The minimum Gasteiger partial charge on any atom is -0.380 e. The molecule has 0 spiro atoms. The largest absolute Gasteiger partial charge is 0.380 e. The predicted molar refractivity (Wildman–Crippen MR) is 78.0 cm³/mol. The van der Waals surface area contributed by atoms with Crippen LogP contribution >= 0.6 is 11.3 Å². The average molecular weight is 291 g/mol. The van der Waals surface area contributed by atoms with Crippen LogP contribution in [0.3, 0.4) is 0 Å². The van der Waals surface area contributed by atoms with Gasteiger partial charge in [-0.05, 0) is 19.1 Å². The lowest BCUT2D eigenvalue weighted by Crippen LogP contribution is -2.09. The van der Waals surface area contributed by atoms with Gasteiger partial charge in [0.05, 0.1) is 10.5 Å². The zero-order chi connectivity index (χ0) is 14.7. The van der Waals surface area contributed by atoms with Gasteiger partial charge in [0.1, 0.15) is 0 Å². The van der Waals surface area contributed by atoms with Gasteiger partial charge in [-0.3, -0.25) is 14.9 Å². The summed E-state index contributed by atoms with van der Waals surface area (Å²) in [7, 11) is 0. The topological polar surface area (TPSA) is 98.3 Å². The molecule has 0 saturated carbocycles. The highest BCUT2D eigenvalue weighted by Crippen LogP contribution is 2.26. The normalized spacial score (nSPS) is 10.2. The molecular formula is C13H13N3O3S. The lowest BCUT2D eigenvalue weighted by molar-refractivity contribution is -0.385. The molecule has 1 amide bonds. The fourth-order valence-corrected chi connectivity index (χ4v) is 2.61. The summed E-state index contributed by atoms with van der Waals surface area (Å²) in [6.07, 6.45) is 0. The Morgan fingerprint density at radius 3 is 2.85 bits per heavy atom. The van der Waals surface area contributed by atoms with E-state index in [1.807, 2.05) is 0 Å². The van der Waals surface area contributed by atoms with E-state index in [1.54, 1.807) is 30.5 Å². The number of nitrogens with zero attached hydrogens (tertiary/aromatic N) is 1. The standard InChI is InChI=1S/C13H13N3O3S/c1-8-11(3-2-4-12(8)16(18)19)15-6-10-5-9(7-20-10)13(14)17/h2-5,7,15H,6H2,1H3,(H2,14,17). The monoisotopic (exact) mass is 291 g/mol. The number of anilines is 1. The summed E-state index contributed by atoms with van der Waals surface area (Å²) in [6, 6.07) is 6.60. The van der Waals surface area contributed by atoms with Gasteiger partial charge in [-0.2, -0.15) is 0 Å². The first-order valence-corrected chi connectivity index (χ1v) is 6.72. The maximum Gasteiger partial charge on any atom is 0.274 e. The second-order valence-corrected chi connectivity index (χ2v) is 5.22. The molecule has 6 nitrogen and oxygen atoms in total. The Balaban J connectivity index is 2.12. The van der Waals surface area contributed by atoms with Crippen LogP contribution in [0.5, 0.6) is 0 Å². The molecule has 0 aliphatic carbocycles. The number of benzene rings is 1. The van der Waals surface area contributed by atoms with Gasteiger partial charge in [0.15, 0.2) is 0 Å². The number of rotatable bonds is 5. The lowest BCUT2D eigenvalue weighted by atomic mass is 10.1. The van der Waals surface area contributed by atoms with Gasteiger partial charge in [-0.15, -0.1) is 11.3 Å². The number of hydrogen-bond acceptors (Lipinski definition) is 5. The van der Waals surface area contributed by atoms with Crippen molar-refractivity contribution in [3.05, 3.63) is 55.8 Å². The third kappa shape index (κ3) is 2.94. The molecule has 0 saturated heterocycles. The molecule has 7 heteroatoms. The summed E-state index contributed by atoms with van der Waals surface area (Å²) in [5.41, 5.74) is 7.03. The number of carbonyl (C=O) groups is 1. The van der Waals surface area contributed by atoms with E-state index in [4.69, 9.17) is 5.73 Å². The van der Waals surface area contributed by atoms with Crippen molar-refractivity contribution in [2.45, 2.75) is 13.5 Å². The van der Waals surface area contributed by atoms with Gasteiger partial charge in [0.25, 0.3) is 5.69 Å². The first-order valence-electron chi connectivity index (χ1n) is 5.84. The van der Waals surface area contributed by atoms with Crippen molar-refractivity contribution in [1.29, 1.82) is 0 Å². The molecule has 0 aliphatic heterocycles. The highest BCUT2D eigenvalue weighted by atomic mass is 32.1. The van der Waals surface area contributed by atoms with E-state index in [1.165, 1.54) is 17.4 Å². The van der Waals surface area contributed by atoms with Crippen LogP contribution in [0.1, 0.15) is 20.8 Å². The number of nitrogens with one attached hydrogen (secondary N) is 1. The molecule has 1 aromatic carbocycles. The molecule has 0 atom stereocenters. The quantitative estimate of drug-likeness (QED) is 0.653. The Kier molecular flexibility index (Phi) is 3.99. The SMILES string of the molecule is Cc1c(NCc2cc(C(N)=O)cs2)cccc1[N+](=O)[O-]. The van der Waals surface area contributed by atoms with Gasteiger partial charge < -0.3 is 11.1 Å². The number of hydrogen-bond donors (Lipinski definition) is 2. The molecule has 104 valence electrons. The highest BCUT2D eigenvalue weighted by molar-refractivity contribution is 7.10. The van der Waals surface area contributed by atoms with Crippen molar-refractivity contribution < 1.29 is 9.72 Å². The van der Waals surface area contributed by atoms with Crippen molar-refractivity contribution in [1.82, 2.24) is 0 Å². The minimum absolute atomic E-state index is 0.0824. The highest BCUT2D eigenvalue weighted by Gasteiger charge is 2.13. The van der Waals surface area contributed by atoms with Crippen LogP contribution in [0, 0.1) is 17.0 Å². The molecule has 3 N–H and O–H groups in total. The number of carbonyl (C=O) groups excluding carboxylic acids is 1. The molecule has 2 rings (SSSR count). The Morgan fingerprint density at radius 2 is 2.25 bits per heavy atom. The molecule has 20 heavy (non-hydrogen) atoms. The fourth-order valence-electron chi connectivity index (χ4n) is 1.80. The maximum atomic E-state index is 11.0. The first kappa shape index (κ1) is 14.0. The number of nitro groups is 1. The smallest absolute Gasteiger partial charge is 0.274 e. The van der Waals surface area contributed by atoms with Crippen LogP contribution in [0.15, 0.2) is 29.6 Å². The Hall–Kier alpha value is -2.41. The molecule has 1 aromatic heterocycles. The van der Waals surface area contributed by atoms with Gasteiger partial charge in [-0.1, -0.05) is 6.07 Å². The average Bonchev–Trinajstić information content (AvgIpc) is 2.86. The lowest BCUT2D eigenvalue weighted by Gasteiger charge is -2.08. The van der Waals surface area contributed by atoms with Crippen LogP contribution in [0.4, 0.5) is 11.4 Å². The summed E-state index contributed by atoms with van der Waals surface area (Å²) in [6.45, 7) is 2.18. The molecular weight excluding hydrogens is 278 g/mol. The van der Waals surface area contributed by atoms with Crippen LogP contribution in [0.2, 0.25) is 0 Å². The molecule has 1 heterocycles. The Labute approximate surface area is 119 Å². The third-order valence-electron chi connectivity index (χ3n) is 2.89. The van der Waals surface area contributed by atoms with E-state index < -0.39 is 10.8 Å².